The Labute approximate surface area is 129 Å². The summed E-state index contributed by atoms with van der Waals surface area (Å²) in [6.07, 6.45) is 3.59. The highest BCUT2D eigenvalue weighted by molar-refractivity contribution is 5.45. The molecule has 1 aromatic rings. The van der Waals surface area contributed by atoms with E-state index in [2.05, 4.69) is 38.2 Å². The molecule has 0 aliphatic heterocycles. The van der Waals surface area contributed by atoms with Gasteiger partial charge in [0.1, 0.15) is 0 Å². The van der Waals surface area contributed by atoms with Crippen molar-refractivity contribution in [1.29, 1.82) is 0 Å². The lowest BCUT2D eigenvalue weighted by Gasteiger charge is -2.55. The highest BCUT2D eigenvalue weighted by Crippen LogP contribution is 2.55. The quantitative estimate of drug-likeness (QED) is 0.824. The van der Waals surface area contributed by atoms with E-state index in [4.69, 9.17) is 9.47 Å². The smallest absolute Gasteiger partial charge is 0.160 e. The summed E-state index contributed by atoms with van der Waals surface area (Å²) in [7, 11) is 3.38. The Morgan fingerprint density at radius 1 is 1.19 bits per heavy atom. The maximum absolute atomic E-state index is 5.45. The summed E-state index contributed by atoms with van der Waals surface area (Å²) in [5, 5.41) is 3.71. The summed E-state index contributed by atoms with van der Waals surface area (Å²) in [5.41, 5.74) is 1.70. The van der Waals surface area contributed by atoms with Crippen LogP contribution in [0.2, 0.25) is 0 Å². The van der Waals surface area contributed by atoms with E-state index in [1.165, 1.54) is 24.8 Å². The van der Waals surface area contributed by atoms with Crippen LogP contribution in [0.25, 0.3) is 0 Å². The van der Waals surface area contributed by atoms with E-state index in [1.54, 1.807) is 14.2 Å². The summed E-state index contributed by atoms with van der Waals surface area (Å²) >= 11 is 0. The summed E-state index contributed by atoms with van der Waals surface area (Å²) in [5.74, 6) is 2.23. The molecule has 1 saturated carbocycles. The zero-order valence-corrected chi connectivity index (χ0v) is 14.0. The first-order valence-corrected chi connectivity index (χ1v) is 8.06. The van der Waals surface area contributed by atoms with Crippen molar-refractivity contribution in [3.05, 3.63) is 23.8 Å². The predicted octanol–water partition coefficient (Wildman–Crippen LogP) is 3.98. The largest absolute Gasteiger partial charge is 0.493 e. The fourth-order valence-corrected chi connectivity index (χ4v) is 3.57. The van der Waals surface area contributed by atoms with Gasteiger partial charge in [-0.1, -0.05) is 26.8 Å². The number of ether oxygens (including phenoxy) is 2. The van der Waals surface area contributed by atoms with Gasteiger partial charge >= 0.3 is 0 Å². The molecular weight excluding hydrogens is 262 g/mol. The summed E-state index contributed by atoms with van der Waals surface area (Å²) in [6.45, 7) is 8.04. The molecule has 3 nitrogen and oxygen atoms in total. The highest BCUT2D eigenvalue weighted by atomic mass is 16.5. The second kappa shape index (κ2) is 6.69. The van der Waals surface area contributed by atoms with Gasteiger partial charge in [0.25, 0.3) is 0 Å². The van der Waals surface area contributed by atoms with Crippen molar-refractivity contribution >= 4 is 0 Å². The predicted molar refractivity (Wildman–Crippen MR) is 87.4 cm³/mol. The van der Waals surface area contributed by atoms with Gasteiger partial charge in [-0.15, -0.1) is 0 Å². The topological polar surface area (TPSA) is 30.5 Å². The molecule has 0 amide bonds. The van der Waals surface area contributed by atoms with Gasteiger partial charge in [-0.05, 0) is 54.8 Å². The molecule has 118 valence electrons. The van der Waals surface area contributed by atoms with Crippen molar-refractivity contribution in [2.45, 2.75) is 52.0 Å². The first-order valence-electron chi connectivity index (χ1n) is 8.06. The molecule has 3 atom stereocenters. The second-order valence-corrected chi connectivity index (χ2v) is 6.27. The van der Waals surface area contributed by atoms with Gasteiger partial charge in [0, 0.05) is 6.04 Å². The maximum atomic E-state index is 5.45. The van der Waals surface area contributed by atoms with Crippen LogP contribution >= 0.6 is 0 Å². The van der Waals surface area contributed by atoms with Crippen molar-refractivity contribution < 1.29 is 9.47 Å². The normalized spacial score (nSPS) is 28.0. The fourth-order valence-electron chi connectivity index (χ4n) is 3.57. The van der Waals surface area contributed by atoms with Crippen molar-refractivity contribution in [3.63, 3.8) is 0 Å². The van der Waals surface area contributed by atoms with Crippen LogP contribution < -0.4 is 14.8 Å². The molecule has 21 heavy (non-hydrogen) atoms. The lowest BCUT2D eigenvalue weighted by atomic mass is 9.54. The van der Waals surface area contributed by atoms with E-state index in [0.717, 1.165) is 18.0 Å². The second-order valence-electron chi connectivity index (χ2n) is 6.27. The average Bonchev–Trinajstić information content (AvgIpc) is 2.52. The van der Waals surface area contributed by atoms with Gasteiger partial charge in [-0.2, -0.15) is 0 Å². The van der Waals surface area contributed by atoms with Crippen LogP contribution in [0.3, 0.4) is 0 Å². The van der Waals surface area contributed by atoms with E-state index in [1.807, 2.05) is 6.07 Å². The minimum absolute atomic E-state index is 0.328. The molecule has 0 aromatic heterocycles. The van der Waals surface area contributed by atoms with Gasteiger partial charge in [-0.3, -0.25) is 0 Å². The van der Waals surface area contributed by atoms with Crippen LogP contribution in [0.5, 0.6) is 11.5 Å². The third-order valence-corrected chi connectivity index (χ3v) is 5.28. The number of hydrogen-bond acceptors (Lipinski definition) is 3. The summed E-state index contributed by atoms with van der Waals surface area (Å²) in [4.78, 5) is 0. The zero-order valence-electron chi connectivity index (χ0n) is 14.0. The lowest BCUT2D eigenvalue weighted by Crippen LogP contribution is -2.56. The third kappa shape index (κ3) is 2.89. The maximum Gasteiger partial charge on any atom is 0.160 e. The molecule has 1 fully saturated rings. The standard InChI is InChI=1S/C18H29NO2/c1-6-10-19-17-12-14(18(17,3)7-2)13-8-9-15(20-4)16(11-13)21-5/h8-9,11,14,17,19H,6-7,10,12H2,1-5H3. The van der Waals surface area contributed by atoms with Gasteiger partial charge in [0.15, 0.2) is 11.5 Å². The first kappa shape index (κ1) is 16.2. The van der Waals surface area contributed by atoms with Crippen LogP contribution in [-0.2, 0) is 0 Å². The Kier molecular flexibility index (Phi) is 5.15. The number of methoxy groups -OCH3 is 2. The Morgan fingerprint density at radius 2 is 1.90 bits per heavy atom. The van der Waals surface area contributed by atoms with E-state index in [-0.39, 0.29) is 0 Å². The van der Waals surface area contributed by atoms with Crippen LogP contribution in [0.4, 0.5) is 0 Å². The summed E-state index contributed by atoms with van der Waals surface area (Å²) < 4.78 is 10.8. The van der Waals surface area contributed by atoms with Crippen LogP contribution in [0.1, 0.15) is 51.5 Å². The molecule has 1 aliphatic carbocycles. The molecule has 0 radical (unpaired) electrons. The van der Waals surface area contributed by atoms with Gasteiger partial charge in [0.05, 0.1) is 14.2 Å². The monoisotopic (exact) mass is 291 g/mol. The van der Waals surface area contributed by atoms with Gasteiger partial charge in [-0.25, -0.2) is 0 Å². The van der Waals surface area contributed by atoms with E-state index >= 15 is 0 Å². The first-order chi connectivity index (χ1) is 10.1. The molecule has 0 heterocycles. The van der Waals surface area contributed by atoms with Crippen LogP contribution in [0.15, 0.2) is 18.2 Å². The van der Waals surface area contributed by atoms with E-state index in [9.17, 15) is 0 Å². The van der Waals surface area contributed by atoms with Crippen molar-refractivity contribution in [1.82, 2.24) is 5.32 Å². The average molecular weight is 291 g/mol. The Bertz CT molecular complexity index is 474. The van der Waals surface area contributed by atoms with Crippen molar-refractivity contribution in [2.24, 2.45) is 5.41 Å². The van der Waals surface area contributed by atoms with Crippen molar-refractivity contribution in [3.8, 4) is 11.5 Å². The summed E-state index contributed by atoms with van der Waals surface area (Å²) in [6, 6.07) is 6.99. The van der Waals surface area contributed by atoms with Crippen LogP contribution in [-0.4, -0.2) is 26.8 Å². The minimum atomic E-state index is 0.328. The number of benzene rings is 1. The molecule has 1 N–H and O–H groups in total. The Morgan fingerprint density at radius 3 is 2.48 bits per heavy atom. The Hall–Kier alpha value is -1.22. The highest BCUT2D eigenvalue weighted by Gasteiger charge is 2.50. The van der Waals surface area contributed by atoms with Gasteiger partial charge < -0.3 is 14.8 Å². The van der Waals surface area contributed by atoms with Gasteiger partial charge in [0.2, 0.25) is 0 Å². The molecule has 3 unspecified atom stereocenters. The molecular formula is C18H29NO2. The molecule has 0 spiro atoms. The van der Waals surface area contributed by atoms with Crippen LogP contribution in [0, 0.1) is 5.41 Å². The van der Waals surface area contributed by atoms with E-state index < -0.39 is 0 Å². The number of rotatable bonds is 7. The number of hydrogen-bond donors (Lipinski definition) is 1. The third-order valence-electron chi connectivity index (χ3n) is 5.28. The SMILES string of the molecule is CCCNC1CC(c2ccc(OC)c(OC)c2)C1(C)CC. The molecule has 1 aliphatic rings. The van der Waals surface area contributed by atoms with Crippen molar-refractivity contribution in [2.75, 3.05) is 20.8 Å². The minimum Gasteiger partial charge on any atom is -0.493 e. The molecule has 0 saturated heterocycles. The molecule has 2 rings (SSSR count). The molecule has 1 aromatic carbocycles. The molecule has 3 heteroatoms. The zero-order chi connectivity index (χ0) is 15.5. The molecule has 0 bridgehead atoms. The number of nitrogens with one attached hydrogen (secondary N) is 1. The lowest BCUT2D eigenvalue weighted by molar-refractivity contribution is 0.0444. The van der Waals surface area contributed by atoms with E-state index in [0.29, 0.717) is 17.4 Å². The Balaban J connectivity index is 2.19. The fraction of sp³-hybridized carbons (Fsp3) is 0.667.